The first-order chi connectivity index (χ1) is 14.5. The summed E-state index contributed by atoms with van der Waals surface area (Å²) in [6.45, 7) is 9.76. The third kappa shape index (κ3) is 6.85. The fraction of sp³-hybridized carbons (Fsp3) is 0.480. The van der Waals surface area contributed by atoms with Crippen molar-refractivity contribution in [3.05, 3.63) is 65.7 Å². The number of amides is 1. The van der Waals surface area contributed by atoms with Crippen LogP contribution in [-0.2, 0) is 4.79 Å². The zero-order valence-corrected chi connectivity index (χ0v) is 18.5. The number of nitrogens with one attached hydrogen (secondary N) is 1. The van der Waals surface area contributed by atoms with E-state index in [1.807, 2.05) is 30.3 Å². The minimum atomic E-state index is -0.00701. The molecule has 2 aromatic carbocycles. The summed E-state index contributed by atoms with van der Waals surface area (Å²) in [5.41, 5.74) is 2.43. The first-order valence-corrected chi connectivity index (χ1v) is 11.0. The highest BCUT2D eigenvalue weighted by Gasteiger charge is 2.21. The van der Waals surface area contributed by atoms with E-state index in [0.29, 0.717) is 18.9 Å². The SMILES string of the molecule is CC(C)c1ccc(OCCC(=O)NC(CN2CCN(C)CC2)c2ccccc2)cc1. The molecule has 3 rings (SSSR count). The lowest BCUT2D eigenvalue weighted by molar-refractivity contribution is -0.122. The molecule has 5 nitrogen and oxygen atoms in total. The van der Waals surface area contributed by atoms with E-state index < -0.39 is 0 Å². The number of rotatable bonds is 9. The second-order valence-corrected chi connectivity index (χ2v) is 8.46. The van der Waals surface area contributed by atoms with Crippen molar-refractivity contribution in [1.29, 1.82) is 0 Å². The van der Waals surface area contributed by atoms with Crippen LogP contribution in [0.1, 0.15) is 43.4 Å². The summed E-state index contributed by atoms with van der Waals surface area (Å²) in [4.78, 5) is 17.4. The van der Waals surface area contributed by atoms with E-state index in [1.165, 1.54) is 5.56 Å². The number of hydrogen-bond donors (Lipinski definition) is 1. The zero-order valence-electron chi connectivity index (χ0n) is 18.5. The molecule has 1 aliphatic rings. The van der Waals surface area contributed by atoms with Crippen LogP contribution in [0, 0.1) is 0 Å². The van der Waals surface area contributed by atoms with E-state index in [-0.39, 0.29) is 11.9 Å². The van der Waals surface area contributed by atoms with Gasteiger partial charge in [0.2, 0.25) is 5.91 Å². The maximum atomic E-state index is 12.6. The average molecular weight is 410 g/mol. The fourth-order valence-electron chi connectivity index (χ4n) is 3.69. The molecule has 1 saturated heterocycles. The predicted octanol–water partition coefficient (Wildman–Crippen LogP) is 3.68. The highest BCUT2D eigenvalue weighted by atomic mass is 16.5. The number of carbonyl (C=O) groups is 1. The van der Waals surface area contributed by atoms with Gasteiger partial charge in [0.1, 0.15) is 5.75 Å². The average Bonchev–Trinajstić information content (AvgIpc) is 2.76. The molecule has 162 valence electrons. The fourth-order valence-corrected chi connectivity index (χ4v) is 3.69. The molecule has 1 heterocycles. The molecule has 0 saturated carbocycles. The molecule has 1 fully saturated rings. The van der Waals surface area contributed by atoms with Gasteiger partial charge in [0, 0.05) is 32.7 Å². The predicted molar refractivity (Wildman–Crippen MR) is 122 cm³/mol. The largest absolute Gasteiger partial charge is 0.493 e. The Bertz CT molecular complexity index is 769. The molecule has 0 radical (unpaired) electrons. The lowest BCUT2D eigenvalue weighted by Crippen LogP contribution is -2.47. The van der Waals surface area contributed by atoms with Crippen LogP contribution in [0.2, 0.25) is 0 Å². The van der Waals surface area contributed by atoms with Crippen molar-refractivity contribution >= 4 is 5.91 Å². The standard InChI is InChI=1S/C25H35N3O2/c1-20(2)21-9-11-23(12-10-21)30-18-13-25(29)26-24(22-7-5-4-6-8-22)19-28-16-14-27(3)15-17-28/h4-12,20,24H,13-19H2,1-3H3,(H,26,29). The monoisotopic (exact) mass is 409 g/mol. The number of benzene rings is 2. The van der Waals surface area contributed by atoms with Gasteiger partial charge in [-0.3, -0.25) is 9.69 Å². The normalized spacial score (nSPS) is 16.4. The number of carbonyl (C=O) groups excluding carboxylic acids is 1. The summed E-state index contributed by atoms with van der Waals surface area (Å²) < 4.78 is 5.78. The maximum absolute atomic E-state index is 12.6. The van der Waals surface area contributed by atoms with Gasteiger partial charge in [-0.25, -0.2) is 0 Å². The van der Waals surface area contributed by atoms with Crippen LogP contribution < -0.4 is 10.1 Å². The third-order valence-electron chi connectivity index (χ3n) is 5.72. The Morgan fingerprint density at radius 1 is 0.967 bits per heavy atom. The summed E-state index contributed by atoms with van der Waals surface area (Å²) in [5, 5.41) is 3.23. The Hall–Kier alpha value is -2.37. The van der Waals surface area contributed by atoms with Crippen molar-refractivity contribution in [1.82, 2.24) is 15.1 Å². The Balaban J connectivity index is 1.51. The number of piperazine rings is 1. The van der Waals surface area contributed by atoms with Crippen molar-refractivity contribution < 1.29 is 9.53 Å². The quantitative estimate of drug-likeness (QED) is 0.686. The smallest absolute Gasteiger partial charge is 0.223 e. The van der Waals surface area contributed by atoms with Crippen LogP contribution in [0.5, 0.6) is 5.75 Å². The van der Waals surface area contributed by atoms with Crippen LogP contribution >= 0.6 is 0 Å². The van der Waals surface area contributed by atoms with Crippen molar-refractivity contribution in [2.45, 2.75) is 32.2 Å². The maximum Gasteiger partial charge on any atom is 0.223 e. The second-order valence-electron chi connectivity index (χ2n) is 8.46. The van der Waals surface area contributed by atoms with Crippen LogP contribution in [-0.4, -0.2) is 62.1 Å². The van der Waals surface area contributed by atoms with Gasteiger partial charge in [0.15, 0.2) is 0 Å². The first kappa shape index (κ1) is 22.3. The van der Waals surface area contributed by atoms with Gasteiger partial charge < -0.3 is 15.0 Å². The van der Waals surface area contributed by atoms with E-state index in [2.05, 4.69) is 60.3 Å². The number of ether oxygens (including phenoxy) is 1. The number of likely N-dealkylation sites (N-methyl/N-ethyl adjacent to an activating group) is 1. The molecule has 30 heavy (non-hydrogen) atoms. The molecular weight excluding hydrogens is 374 g/mol. The molecular formula is C25H35N3O2. The topological polar surface area (TPSA) is 44.8 Å². The summed E-state index contributed by atoms with van der Waals surface area (Å²) in [7, 11) is 2.16. The van der Waals surface area contributed by atoms with Gasteiger partial charge in [0.05, 0.1) is 19.1 Å². The molecule has 2 aromatic rings. The summed E-state index contributed by atoms with van der Waals surface area (Å²) in [5.74, 6) is 1.33. The van der Waals surface area contributed by atoms with Crippen LogP contribution in [0.4, 0.5) is 0 Å². The minimum Gasteiger partial charge on any atom is -0.493 e. The van der Waals surface area contributed by atoms with Crippen molar-refractivity contribution in [2.24, 2.45) is 0 Å². The molecule has 1 amide bonds. The molecule has 0 aliphatic carbocycles. The van der Waals surface area contributed by atoms with E-state index in [9.17, 15) is 4.79 Å². The Kier molecular flexibility index (Phi) is 8.29. The van der Waals surface area contributed by atoms with Crippen molar-refractivity contribution in [3.8, 4) is 5.75 Å². The van der Waals surface area contributed by atoms with Gasteiger partial charge in [-0.05, 0) is 36.2 Å². The Morgan fingerprint density at radius 2 is 1.63 bits per heavy atom. The molecule has 0 bridgehead atoms. The molecule has 1 atom stereocenters. The molecule has 0 spiro atoms. The summed E-state index contributed by atoms with van der Waals surface area (Å²) in [6.07, 6.45) is 0.345. The van der Waals surface area contributed by atoms with Crippen LogP contribution in [0.15, 0.2) is 54.6 Å². The van der Waals surface area contributed by atoms with Gasteiger partial charge in [0.25, 0.3) is 0 Å². The molecule has 1 aliphatic heterocycles. The Morgan fingerprint density at radius 3 is 2.27 bits per heavy atom. The third-order valence-corrected chi connectivity index (χ3v) is 5.72. The highest BCUT2D eigenvalue weighted by Crippen LogP contribution is 2.19. The number of nitrogens with zero attached hydrogens (tertiary/aromatic N) is 2. The molecule has 5 heteroatoms. The zero-order chi connectivity index (χ0) is 21.3. The lowest BCUT2D eigenvalue weighted by atomic mass is 10.0. The van der Waals surface area contributed by atoms with Gasteiger partial charge >= 0.3 is 0 Å². The Labute approximate surface area is 181 Å². The molecule has 0 aromatic heterocycles. The minimum absolute atomic E-state index is 0.00701. The van der Waals surface area contributed by atoms with Crippen molar-refractivity contribution in [3.63, 3.8) is 0 Å². The summed E-state index contributed by atoms with van der Waals surface area (Å²) in [6, 6.07) is 18.4. The second kappa shape index (κ2) is 11.1. The van der Waals surface area contributed by atoms with E-state index >= 15 is 0 Å². The highest BCUT2D eigenvalue weighted by molar-refractivity contribution is 5.76. The van der Waals surface area contributed by atoms with Gasteiger partial charge in [-0.15, -0.1) is 0 Å². The van der Waals surface area contributed by atoms with Gasteiger partial charge in [-0.2, -0.15) is 0 Å². The lowest BCUT2D eigenvalue weighted by Gasteiger charge is -2.35. The summed E-state index contributed by atoms with van der Waals surface area (Å²) >= 11 is 0. The first-order valence-electron chi connectivity index (χ1n) is 11.0. The van der Waals surface area contributed by atoms with E-state index in [0.717, 1.165) is 44.0 Å². The number of hydrogen-bond acceptors (Lipinski definition) is 4. The van der Waals surface area contributed by atoms with E-state index in [4.69, 9.17) is 4.74 Å². The van der Waals surface area contributed by atoms with Crippen LogP contribution in [0.25, 0.3) is 0 Å². The van der Waals surface area contributed by atoms with Gasteiger partial charge in [-0.1, -0.05) is 56.3 Å². The van der Waals surface area contributed by atoms with Crippen LogP contribution in [0.3, 0.4) is 0 Å². The molecule has 1 unspecified atom stereocenters. The van der Waals surface area contributed by atoms with Crippen molar-refractivity contribution in [2.75, 3.05) is 46.4 Å². The van der Waals surface area contributed by atoms with E-state index in [1.54, 1.807) is 0 Å². The molecule has 1 N–H and O–H groups in total.